The summed E-state index contributed by atoms with van der Waals surface area (Å²) in [6, 6.07) is 11.5. The number of ether oxygens (including phenoxy) is 1. The highest BCUT2D eigenvalue weighted by atomic mass is 16.5. The van der Waals surface area contributed by atoms with Gasteiger partial charge in [0, 0.05) is 45.3 Å². The van der Waals surface area contributed by atoms with Crippen molar-refractivity contribution in [1.29, 1.82) is 0 Å². The molecule has 1 atom stereocenters. The summed E-state index contributed by atoms with van der Waals surface area (Å²) in [5.74, 6) is 0. The van der Waals surface area contributed by atoms with Crippen LogP contribution in [0.4, 0.5) is 0 Å². The van der Waals surface area contributed by atoms with E-state index in [-0.39, 0.29) is 0 Å². The van der Waals surface area contributed by atoms with E-state index in [1.165, 1.54) is 51.0 Å². The first-order valence-corrected chi connectivity index (χ1v) is 10.1. The molecular weight excluding hydrogens is 310 g/mol. The topological polar surface area (TPSA) is 19.0 Å². The fourth-order valence-corrected chi connectivity index (χ4v) is 4.00. The molecule has 1 aromatic carbocycles. The van der Waals surface area contributed by atoms with Crippen molar-refractivity contribution in [3.05, 3.63) is 35.9 Å². The molecule has 0 saturated carbocycles. The van der Waals surface area contributed by atoms with E-state index < -0.39 is 0 Å². The Balaban J connectivity index is 1.55. The van der Waals surface area contributed by atoms with Gasteiger partial charge in [-0.1, -0.05) is 36.8 Å². The lowest BCUT2D eigenvalue weighted by atomic mass is 10.1. The first-order valence-electron chi connectivity index (χ1n) is 10.1. The predicted octanol–water partition coefficient (Wildman–Crippen LogP) is 2.70. The van der Waals surface area contributed by atoms with Gasteiger partial charge in [0.15, 0.2) is 0 Å². The lowest BCUT2D eigenvalue weighted by Crippen LogP contribution is -2.48. The summed E-state index contributed by atoms with van der Waals surface area (Å²) < 4.78 is 5.50. The number of morpholine rings is 1. The number of rotatable bonds is 8. The Morgan fingerprint density at radius 1 is 0.960 bits per heavy atom. The zero-order valence-corrected chi connectivity index (χ0v) is 15.9. The van der Waals surface area contributed by atoms with Crippen molar-refractivity contribution < 1.29 is 4.74 Å². The Bertz CT molecular complexity index is 469. The molecule has 2 fully saturated rings. The number of piperidine rings is 1. The van der Waals surface area contributed by atoms with Crippen LogP contribution in [0, 0.1) is 0 Å². The van der Waals surface area contributed by atoms with E-state index in [4.69, 9.17) is 4.74 Å². The second kappa shape index (κ2) is 10.3. The molecule has 0 radical (unpaired) electrons. The number of benzene rings is 1. The van der Waals surface area contributed by atoms with Crippen LogP contribution >= 0.6 is 0 Å². The Kier molecular flexibility index (Phi) is 7.74. The van der Waals surface area contributed by atoms with Crippen molar-refractivity contribution in [2.24, 2.45) is 0 Å². The molecule has 0 amide bonds. The molecule has 25 heavy (non-hydrogen) atoms. The molecule has 4 heteroatoms. The van der Waals surface area contributed by atoms with Gasteiger partial charge >= 0.3 is 0 Å². The van der Waals surface area contributed by atoms with Crippen molar-refractivity contribution >= 4 is 0 Å². The van der Waals surface area contributed by atoms with E-state index in [9.17, 15) is 0 Å². The van der Waals surface area contributed by atoms with Crippen LogP contribution < -0.4 is 0 Å². The highest BCUT2D eigenvalue weighted by Crippen LogP contribution is 2.13. The summed E-state index contributed by atoms with van der Waals surface area (Å²) in [4.78, 5) is 7.90. The van der Waals surface area contributed by atoms with Crippen molar-refractivity contribution in [2.45, 2.75) is 38.8 Å². The van der Waals surface area contributed by atoms with E-state index in [2.05, 4.69) is 52.0 Å². The van der Waals surface area contributed by atoms with Crippen molar-refractivity contribution in [1.82, 2.24) is 14.7 Å². The first-order chi connectivity index (χ1) is 12.3. The van der Waals surface area contributed by atoms with E-state index in [0.717, 1.165) is 39.4 Å². The van der Waals surface area contributed by atoms with Crippen LogP contribution in [0.15, 0.2) is 30.3 Å². The molecule has 140 valence electrons. The van der Waals surface area contributed by atoms with Gasteiger partial charge in [-0.15, -0.1) is 0 Å². The summed E-state index contributed by atoms with van der Waals surface area (Å²) in [5.41, 5.74) is 1.43. The maximum Gasteiger partial charge on any atom is 0.0594 e. The Morgan fingerprint density at radius 3 is 2.40 bits per heavy atom. The van der Waals surface area contributed by atoms with Gasteiger partial charge in [-0.25, -0.2) is 0 Å². The zero-order chi connectivity index (χ0) is 17.3. The second-order valence-electron chi connectivity index (χ2n) is 7.62. The van der Waals surface area contributed by atoms with Gasteiger partial charge in [0.25, 0.3) is 0 Å². The standard InChI is InChI=1S/C21H35N3O/c1-20(18-23-14-16-25-17-15-23)24(19-21-8-4-2-5-9-21)13-12-22-10-6-3-7-11-22/h2,4-5,8-9,20H,3,6-7,10-19H2,1H3. The van der Waals surface area contributed by atoms with Crippen LogP contribution in [0.3, 0.4) is 0 Å². The molecule has 0 bridgehead atoms. The van der Waals surface area contributed by atoms with E-state index in [1.54, 1.807) is 0 Å². The normalized spacial score (nSPS) is 21.5. The largest absolute Gasteiger partial charge is 0.379 e. The fraction of sp³-hybridized carbons (Fsp3) is 0.714. The quantitative estimate of drug-likeness (QED) is 0.721. The lowest BCUT2D eigenvalue weighted by molar-refractivity contribution is 0.0222. The molecule has 1 unspecified atom stereocenters. The summed E-state index contributed by atoms with van der Waals surface area (Å²) in [5, 5.41) is 0. The maximum atomic E-state index is 5.50. The third-order valence-corrected chi connectivity index (χ3v) is 5.63. The van der Waals surface area contributed by atoms with Crippen LogP contribution in [0.5, 0.6) is 0 Å². The monoisotopic (exact) mass is 345 g/mol. The van der Waals surface area contributed by atoms with Gasteiger partial charge in [-0.05, 0) is 38.4 Å². The molecule has 2 saturated heterocycles. The molecule has 0 spiro atoms. The van der Waals surface area contributed by atoms with Crippen LogP contribution in [0.1, 0.15) is 31.7 Å². The van der Waals surface area contributed by atoms with Crippen LogP contribution in [0.2, 0.25) is 0 Å². The SMILES string of the molecule is CC(CN1CCOCC1)N(CCN1CCCCC1)Cc1ccccc1. The van der Waals surface area contributed by atoms with Gasteiger partial charge in [0.05, 0.1) is 13.2 Å². The first kappa shape index (κ1) is 18.8. The molecule has 2 aliphatic rings. The summed E-state index contributed by atoms with van der Waals surface area (Å²) in [7, 11) is 0. The average molecular weight is 346 g/mol. The minimum atomic E-state index is 0.572. The smallest absolute Gasteiger partial charge is 0.0594 e. The molecule has 2 aliphatic heterocycles. The minimum Gasteiger partial charge on any atom is -0.379 e. The van der Waals surface area contributed by atoms with E-state index in [1.807, 2.05) is 0 Å². The van der Waals surface area contributed by atoms with Crippen LogP contribution in [-0.4, -0.2) is 79.8 Å². The Morgan fingerprint density at radius 2 is 1.68 bits per heavy atom. The van der Waals surface area contributed by atoms with Crippen LogP contribution in [0.25, 0.3) is 0 Å². The lowest BCUT2D eigenvalue weighted by Gasteiger charge is -2.36. The van der Waals surface area contributed by atoms with Gasteiger partial charge in [-0.2, -0.15) is 0 Å². The van der Waals surface area contributed by atoms with Gasteiger partial charge in [-0.3, -0.25) is 9.80 Å². The van der Waals surface area contributed by atoms with E-state index in [0.29, 0.717) is 6.04 Å². The van der Waals surface area contributed by atoms with Gasteiger partial charge in [0.1, 0.15) is 0 Å². The number of hydrogen-bond acceptors (Lipinski definition) is 4. The summed E-state index contributed by atoms with van der Waals surface area (Å²) >= 11 is 0. The summed E-state index contributed by atoms with van der Waals surface area (Å²) in [6.45, 7) is 13.5. The third-order valence-electron chi connectivity index (χ3n) is 5.63. The molecule has 0 aromatic heterocycles. The van der Waals surface area contributed by atoms with Crippen LogP contribution in [-0.2, 0) is 11.3 Å². The second-order valence-corrected chi connectivity index (χ2v) is 7.62. The third kappa shape index (κ3) is 6.37. The molecule has 3 rings (SSSR count). The highest BCUT2D eigenvalue weighted by molar-refractivity contribution is 5.14. The minimum absolute atomic E-state index is 0.572. The van der Waals surface area contributed by atoms with Crippen molar-refractivity contribution in [2.75, 3.05) is 59.0 Å². The predicted molar refractivity (Wildman–Crippen MR) is 104 cm³/mol. The molecular formula is C21H35N3O. The Labute approximate surface area is 153 Å². The molecule has 4 nitrogen and oxygen atoms in total. The zero-order valence-electron chi connectivity index (χ0n) is 15.9. The number of likely N-dealkylation sites (tertiary alicyclic amines) is 1. The molecule has 0 N–H and O–H groups in total. The molecule has 2 heterocycles. The van der Waals surface area contributed by atoms with Gasteiger partial charge < -0.3 is 9.64 Å². The van der Waals surface area contributed by atoms with Crippen molar-refractivity contribution in [3.8, 4) is 0 Å². The average Bonchev–Trinajstić information content (AvgIpc) is 2.67. The van der Waals surface area contributed by atoms with E-state index >= 15 is 0 Å². The number of hydrogen-bond donors (Lipinski definition) is 0. The molecule has 0 aliphatic carbocycles. The fourth-order valence-electron chi connectivity index (χ4n) is 4.00. The Hall–Kier alpha value is -0.940. The molecule has 1 aromatic rings. The maximum absolute atomic E-state index is 5.50. The summed E-state index contributed by atoms with van der Waals surface area (Å²) in [6.07, 6.45) is 4.17. The number of nitrogens with zero attached hydrogens (tertiary/aromatic N) is 3. The van der Waals surface area contributed by atoms with Gasteiger partial charge in [0.2, 0.25) is 0 Å². The van der Waals surface area contributed by atoms with Crippen molar-refractivity contribution in [3.63, 3.8) is 0 Å². The highest BCUT2D eigenvalue weighted by Gasteiger charge is 2.20.